The third-order valence-corrected chi connectivity index (χ3v) is 2.91. The van der Waals surface area contributed by atoms with E-state index < -0.39 is 0 Å². The molecule has 92 valence electrons. The van der Waals surface area contributed by atoms with Crippen LogP contribution in [0.15, 0.2) is 24.3 Å². The summed E-state index contributed by atoms with van der Waals surface area (Å²) in [4.78, 5) is 11.9. The van der Waals surface area contributed by atoms with Crippen LogP contribution in [0.5, 0.6) is 0 Å². The van der Waals surface area contributed by atoms with E-state index in [0.29, 0.717) is 12.6 Å². The molecule has 1 aromatic rings. The monoisotopic (exact) mass is 233 g/mol. The summed E-state index contributed by atoms with van der Waals surface area (Å²) in [7, 11) is 0. The molecule has 1 aliphatic carbocycles. The number of nitrogens with one attached hydrogen (secondary N) is 1. The Bertz CT molecular complexity index is 382. The third kappa shape index (κ3) is 3.30. The predicted molar refractivity (Wildman–Crippen MR) is 66.7 cm³/mol. The van der Waals surface area contributed by atoms with Crippen molar-refractivity contribution in [3.05, 3.63) is 35.4 Å². The highest BCUT2D eigenvalue weighted by atomic mass is 16.5. The van der Waals surface area contributed by atoms with Crippen molar-refractivity contribution in [2.75, 3.05) is 6.61 Å². The van der Waals surface area contributed by atoms with Crippen molar-refractivity contribution in [3.8, 4) is 0 Å². The second-order valence-corrected chi connectivity index (χ2v) is 4.54. The van der Waals surface area contributed by atoms with Gasteiger partial charge in [-0.15, -0.1) is 0 Å². The SMILES string of the molecule is CCOC(=O)C(NC1CC1)c1ccc(C)cc1. The number of ether oxygens (including phenoxy) is 1. The van der Waals surface area contributed by atoms with Crippen LogP contribution < -0.4 is 5.32 Å². The van der Waals surface area contributed by atoms with Crippen LogP contribution >= 0.6 is 0 Å². The van der Waals surface area contributed by atoms with Gasteiger partial charge >= 0.3 is 5.97 Å². The van der Waals surface area contributed by atoms with E-state index in [4.69, 9.17) is 4.74 Å². The maximum Gasteiger partial charge on any atom is 0.327 e. The molecule has 1 atom stereocenters. The minimum Gasteiger partial charge on any atom is -0.465 e. The van der Waals surface area contributed by atoms with Crippen molar-refractivity contribution in [1.29, 1.82) is 0 Å². The molecule has 0 bridgehead atoms. The molecule has 1 saturated carbocycles. The average molecular weight is 233 g/mol. The number of rotatable bonds is 5. The Hall–Kier alpha value is -1.35. The van der Waals surface area contributed by atoms with E-state index >= 15 is 0 Å². The lowest BCUT2D eigenvalue weighted by Crippen LogP contribution is -2.31. The molecule has 1 aliphatic rings. The van der Waals surface area contributed by atoms with Crippen molar-refractivity contribution in [1.82, 2.24) is 5.32 Å². The quantitative estimate of drug-likeness (QED) is 0.793. The van der Waals surface area contributed by atoms with Gasteiger partial charge in [-0.2, -0.15) is 0 Å². The standard InChI is InChI=1S/C14H19NO2/c1-3-17-14(16)13(15-12-8-9-12)11-6-4-10(2)5-7-11/h4-7,12-13,15H,3,8-9H2,1-2H3. The summed E-state index contributed by atoms with van der Waals surface area (Å²) in [6.45, 7) is 4.30. The lowest BCUT2D eigenvalue weighted by Gasteiger charge is -2.17. The molecule has 1 unspecified atom stereocenters. The molecule has 3 heteroatoms. The van der Waals surface area contributed by atoms with Gasteiger partial charge in [-0.3, -0.25) is 5.32 Å². The zero-order valence-electron chi connectivity index (χ0n) is 10.4. The van der Waals surface area contributed by atoms with Crippen LogP contribution in [0.3, 0.4) is 0 Å². The molecule has 2 rings (SSSR count). The highest BCUT2D eigenvalue weighted by molar-refractivity contribution is 5.77. The first-order valence-electron chi connectivity index (χ1n) is 6.20. The fourth-order valence-electron chi connectivity index (χ4n) is 1.77. The lowest BCUT2D eigenvalue weighted by molar-refractivity contribution is -0.145. The second kappa shape index (κ2) is 5.32. The van der Waals surface area contributed by atoms with Crippen molar-refractivity contribution in [2.45, 2.75) is 38.8 Å². The highest BCUT2D eigenvalue weighted by Crippen LogP contribution is 2.25. The number of benzene rings is 1. The number of esters is 1. The molecular weight excluding hydrogens is 214 g/mol. The molecular formula is C14H19NO2. The Kier molecular flexibility index (Phi) is 3.79. The Morgan fingerprint density at radius 2 is 2.06 bits per heavy atom. The van der Waals surface area contributed by atoms with Crippen molar-refractivity contribution in [3.63, 3.8) is 0 Å². The summed E-state index contributed by atoms with van der Waals surface area (Å²) >= 11 is 0. The summed E-state index contributed by atoms with van der Waals surface area (Å²) in [5, 5.41) is 3.34. The minimum absolute atomic E-state index is 0.178. The smallest absolute Gasteiger partial charge is 0.327 e. The third-order valence-electron chi connectivity index (χ3n) is 2.91. The van der Waals surface area contributed by atoms with E-state index in [2.05, 4.69) is 5.32 Å². The van der Waals surface area contributed by atoms with E-state index in [9.17, 15) is 4.79 Å². The average Bonchev–Trinajstić information content (AvgIpc) is 3.11. The van der Waals surface area contributed by atoms with Gasteiger partial charge in [-0.25, -0.2) is 4.79 Å². The Morgan fingerprint density at radius 1 is 1.41 bits per heavy atom. The number of aryl methyl sites for hydroxylation is 1. The van der Waals surface area contributed by atoms with Crippen LogP contribution in [0.1, 0.15) is 36.9 Å². The van der Waals surface area contributed by atoms with Crippen molar-refractivity contribution >= 4 is 5.97 Å². The number of carbonyl (C=O) groups is 1. The molecule has 0 radical (unpaired) electrons. The van der Waals surface area contributed by atoms with Gasteiger partial charge in [0.05, 0.1) is 6.61 Å². The minimum atomic E-state index is -0.317. The van der Waals surface area contributed by atoms with Gasteiger partial charge in [0, 0.05) is 6.04 Å². The van der Waals surface area contributed by atoms with Crippen LogP contribution in [0.4, 0.5) is 0 Å². The summed E-state index contributed by atoms with van der Waals surface area (Å²) in [6.07, 6.45) is 2.31. The van der Waals surface area contributed by atoms with Gasteiger partial charge in [0.1, 0.15) is 6.04 Å². The van der Waals surface area contributed by atoms with Gasteiger partial charge in [0.2, 0.25) is 0 Å². The van der Waals surface area contributed by atoms with Gasteiger partial charge < -0.3 is 4.74 Å². The second-order valence-electron chi connectivity index (χ2n) is 4.54. The molecule has 17 heavy (non-hydrogen) atoms. The maximum atomic E-state index is 11.9. The molecule has 0 spiro atoms. The number of carbonyl (C=O) groups excluding carboxylic acids is 1. The molecule has 0 saturated heterocycles. The Morgan fingerprint density at radius 3 is 2.59 bits per heavy atom. The van der Waals surface area contributed by atoms with Crippen molar-refractivity contribution in [2.24, 2.45) is 0 Å². The first-order valence-corrected chi connectivity index (χ1v) is 6.20. The zero-order chi connectivity index (χ0) is 12.3. The van der Waals surface area contributed by atoms with Crippen LogP contribution in [0, 0.1) is 6.92 Å². The molecule has 0 amide bonds. The van der Waals surface area contributed by atoms with Crippen LogP contribution in [0.2, 0.25) is 0 Å². The predicted octanol–water partition coefficient (Wildman–Crippen LogP) is 2.35. The van der Waals surface area contributed by atoms with Crippen LogP contribution in [-0.2, 0) is 9.53 Å². The van der Waals surface area contributed by atoms with Crippen LogP contribution in [0.25, 0.3) is 0 Å². The molecule has 3 nitrogen and oxygen atoms in total. The summed E-state index contributed by atoms with van der Waals surface area (Å²) < 4.78 is 5.12. The topological polar surface area (TPSA) is 38.3 Å². The summed E-state index contributed by atoms with van der Waals surface area (Å²) in [6, 6.07) is 8.19. The number of hydrogen-bond acceptors (Lipinski definition) is 3. The molecule has 1 fully saturated rings. The number of hydrogen-bond donors (Lipinski definition) is 1. The maximum absolute atomic E-state index is 11.9. The van der Waals surface area contributed by atoms with Gasteiger partial charge in [0.25, 0.3) is 0 Å². The van der Waals surface area contributed by atoms with Crippen molar-refractivity contribution < 1.29 is 9.53 Å². The first kappa shape index (κ1) is 12.1. The molecule has 1 aromatic carbocycles. The fourth-order valence-corrected chi connectivity index (χ4v) is 1.77. The summed E-state index contributed by atoms with van der Waals surface area (Å²) in [5.41, 5.74) is 2.18. The molecule has 0 aromatic heterocycles. The Balaban J connectivity index is 2.12. The van der Waals surface area contributed by atoms with Crippen LogP contribution in [-0.4, -0.2) is 18.6 Å². The van der Waals surface area contributed by atoms with E-state index in [1.807, 2.05) is 38.1 Å². The van der Waals surface area contributed by atoms with E-state index in [1.165, 1.54) is 5.56 Å². The van der Waals surface area contributed by atoms with E-state index in [1.54, 1.807) is 0 Å². The Labute approximate surface area is 102 Å². The first-order chi connectivity index (χ1) is 8.20. The largest absolute Gasteiger partial charge is 0.465 e. The molecule has 1 N–H and O–H groups in total. The van der Waals surface area contributed by atoms with E-state index in [0.717, 1.165) is 18.4 Å². The van der Waals surface area contributed by atoms with E-state index in [-0.39, 0.29) is 12.0 Å². The zero-order valence-corrected chi connectivity index (χ0v) is 10.4. The normalized spacial score (nSPS) is 16.6. The van der Waals surface area contributed by atoms with Gasteiger partial charge in [0.15, 0.2) is 0 Å². The highest BCUT2D eigenvalue weighted by Gasteiger charge is 2.30. The molecule has 0 heterocycles. The lowest BCUT2D eigenvalue weighted by atomic mass is 10.1. The molecule has 0 aliphatic heterocycles. The van der Waals surface area contributed by atoms with Gasteiger partial charge in [-0.1, -0.05) is 29.8 Å². The fraction of sp³-hybridized carbons (Fsp3) is 0.500. The summed E-state index contributed by atoms with van der Waals surface area (Å²) in [5.74, 6) is -0.178. The van der Waals surface area contributed by atoms with Gasteiger partial charge in [-0.05, 0) is 32.3 Å².